The van der Waals surface area contributed by atoms with Crippen molar-refractivity contribution < 1.29 is 9.53 Å². The van der Waals surface area contributed by atoms with Crippen molar-refractivity contribution in [2.75, 3.05) is 11.9 Å². The minimum Gasteiger partial charge on any atom is -0.482 e. The van der Waals surface area contributed by atoms with Crippen molar-refractivity contribution in [3.63, 3.8) is 0 Å². The predicted molar refractivity (Wildman–Crippen MR) is 106 cm³/mol. The normalized spacial score (nSPS) is 11.9. The predicted octanol–water partition coefficient (Wildman–Crippen LogP) is 6.05. The fourth-order valence-electron chi connectivity index (χ4n) is 2.46. The highest BCUT2D eigenvalue weighted by Crippen LogP contribution is 2.32. The molecule has 1 atom stereocenters. The Morgan fingerprint density at radius 1 is 1.25 bits per heavy atom. The van der Waals surface area contributed by atoms with Gasteiger partial charge in [-0.15, -0.1) is 0 Å². The molecule has 3 nitrogen and oxygen atoms in total. The second kappa shape index (κ2) is 8.67. The van der Waals surface area contributed by atoms with Crippen LogP contribution in [0, 0.1) is 6.92 Å². The number of benzene rings is 2. The SMILES string of the molecule is CC[C@@H](C)c1ccccc1NC(=O)COc1c(C)cc(Br)cc1Br. The fraction of sp³-hybridized carbons (Fsp3) is 0.316. The van der Waals surface area contributed by atoms with E-state index in [2.05, 4.69) is 57.1 Å². The lowest BCUT2D eigenvalue weighted by Crippen LogP contribution is -2.21. The minimum atomic E-state index is -0.167. The zero-order chi connectivity index (χ0) is 17.7. The monoisotopic (exact) mass is 453 g/mol. The van der Waals surface area contributed by atoms with Crippen LogP contribution in [0.15, 0.2) is 45.3 Å². The summed E-state index contributed by atoms with van der Waals surface area (Å²) in [6.07, 6.45) is 1.02. The van der Waals surface area contributed by atoms with Gasteiger partial charge < -0.3 is 10.1 Å². The number of carbonyl (C=O) groups excluding carboxylic acids is 1. The van der Waals surface area contributed by atoms with Gasteiger partial charge >= 0.3 is 0 Å². The van der Waals surface area contributed by atoms with Crippen LogP contribution in [0.4, 0.5) is 5.69 Å². The van der Waals surface area contributed by atoms with E-state index in [1.807, 2.05) is 37.3 Å². The molecule has 24 heavy (non-hydrogen) atoms. The minimum absolute atomic E-state index is 0.0318. The largest absolute Gasteiger partial charge is 0.482 e. The van der Waals surface area contributed by atoms with Crippen molar-refractivity contribution >= 4 is 43.5 Å². The molecule has 0 unspecified atom stereocenters. The number of amides is 1. The molecule has 2 rings (SSSR count). The standard InChI is InChI=1S/C19H21Br2NO2/c1-4-12(2)15-7-5-6-8-17(15)22-18(23)11-24-19-13(3)9-14(20)10-16(19)21/h5-10,12H,4,11H2,1-3H3,(H,22,23)/t12-/m1/s1. The van der Waals surface area contributed by atoms with E-state index in [0.717, 1.165) is 32.2 Å². The molecule has 0 fully saturated rings. The second-order valence-electron chi connectivity index (χ2n) is 5.77. The van der Waals surface area contributed by atoms with Crippen LogP contribution in [-0.2, 0) is 4.79 Å². The fourth-order valence-corrected chi connectivity index (χ4v) is 4.01. The van der Waals surface area contributed by atoms with E-state index < -0.39 is 0 Å². The molecule has 0 aliphatic rings. The Kier molecular flexibility index (Phi) is 6.87. The number of ether oxygens (including phenoxy) is 1. The molecule has 0 saturated heterocycles. The molecule has 0 aromatic heterocycles. The van der Waals surface area contributed by atoms with Gasteiger partial charge in [0.15, 0.2) is 6.61 Å². The van der Waals surface area contributed by atoms with Gasteiger partial charge in [0.1, 0.15) is 5.75 Å². The number of hydrogen-bond acceptors (Lipinski definition) is 2. The lowest BCUT2D eigenvalue weighted by Gasteiger charge is -2.16. The van der Waals surface area contributed by atoms with Crippen LogP contribution in [0.5, 0.6) is 5.75 Å². The molecule has 0 aliphatic heterocycles. The van der Waals surface area contributed by atoms with Crippen molar-refractivity contribution in [1.29, 1.82) is 0 Å². The number of anilines is 1. The Balaban J connectivity index is 2.05. The first-order chi connectivity index (χ1) is 11.4. The van der Waals surface area contributed by atoms with Crippen LogP contribution in [0.25, 0.3) is 0 Å². The molecule has 0 spiro atoms. The summed E-state index contributed by atoms with van der Waals surface area (Å²) in [5.74, 6) is 0.911. The molecule has 0 heterocycles. The summed E-state index contributed by atoms with van der Waals surface area (Å²) in [4.78, 5) is 12.3. The van der Waals surface area contributed by atoms with E-state index in [0.29, 0.717) is 11.7 Å². The van der Waals surface area contributed by atoms with Gasteiger partial charge in [-0.3, -0.25) is 4.79 Å². The van der Waals surface area contributed by atoms with Crippen molar-refractivity contribution in [2.45, 2.75) is 33.1 Å². The Bertz CT molecular complexity index is 708. The van der Waals surface area contributed by atoms with E-state index in [1.165, 1.54) is 0 Å². The molecule has 5 heteroatoms. The van der Waals surface area contributed by atoms with Gasteiger partial charge in [-0.2, -0.15) is 0 Å². The number of para-hydroxylation sites is 1. The van der Waals surface area contributed by atoms with Crippen molar-refractivity contribution in [3.8, 4) is 5.75 Å². The molecular formula is C19H21Br2NO2. The zero-order valence-corrected chi connectivity index (χ0v) is 17.2. The van der Waals surface area contributed by atoms with Crippen LogP contribution in [0.3, 0.4) is 0 Å². The molecule has 2 aromatic carbocycles. The highest BCUT2D eigenvalue weighted by Gasteiger charge is 2.13. The summed E-state index contributed by atoms with van der Waals surface area (Å²) in [5, 5.41) is 2.96. The molecule has 0 saturated carbocycles. The zero-order valence-electron chi connectivity index (χ0n) is 14.0. The Hall–Kier alpha value is -1.33. The van der Waals surface area contributed by atoms with Crippen LogP contribution in [-0.4, -0.2) is 12.5 Å². The van der Waals surface area contributed by atoms with E-state index in [9.17, 15) is 4.79 Å². The lowest BCUT2D eigenvalue weighted by atomic mass is 9.97. The molecular weight excluding hydrogens is 434 g/mol. The third kappa shape index (κ3) is 4.84. The number of aryl methyl sites for hydroxylation is 1. The first kappa shape index (κ1) is 19.0. The number of carbonyl (C=O) groups is 1. The van der Waals surface area contributed by atoms with Crippen molar-refractivity contribution in [2.24, 2.45) is 0 Å². The first-order valence-corrected chi connectivity index (χ1v) is 9.48. The third-order valence-corrected chi connectivity index (χ3v) is 4.97. The maximum atomic E-state index is 12.3. The van der Waals surface area contributed by atoms with Gasteiger partial charge in [0.05, 0.1) is 4.47 Å². The van der Waals surface area contributed by atoms with Crippen LogP contribution in [0.2, 0.25) is 0 Å². The third-order valence-electron chi connectivity index (χ3n) is 3.92. The Morgan fingerprint density at radius 2 is 1.96 bits per heavy atom. The maximum Gasteiger partial charge on any atom is 0.262 e. The summed E-state index contributed by atoms with van der Waals surface area (Å²) < 4.78 is 7.49. The number of rotatable bonds is 6. The van der Waals surface area contributed by atoms with E-state index >= 15 is 0 Å². The van der Waals surface area contributed by atoms with Gasteiger partial charge in [0.25, 0.3) is 5.91 Å². The Morgan fingerprint density at radius 3 is 2.62 bits per heavy atom. The van der Waals surface area contributed by atoms with Crippen molar-refractivity contribution in [3.05, 3.63) is 56.5 Å². The van der Waals surface area contributed by atoms with Gasteiger partial charge in [0, 0.05) is 10.2 Å². The molecule has 0 bridgehead atoms. The summed E-state index contributed by atoms with van der Waals surface area (Å²) in [7, 11) is 0. The van der Waals surface area contributed by atoms with Gasteiger partial charge in [-0.1, -0.05) is 48.0 Å². The topological polar surface area (TPSA) is 38.3 Å². The summed E-state index contributed by atoms with van der Waals surface area (Å²) in [6.45, 7) is 6.21. The molecule has 0 radical (unpaired) electrons. The second-order valence-corrected chi connectivity index (χ2v) is 7.54. The highest BCUT2D eigenvalue weighted by atomic mass is 79.9. The average molecular weight is 455 g/mol. The van der Waals surface area contributed by atoms with Crippen LogP contribution in [0.1, 0.15) is 37.3 Å². The highest BCUT2D eigenvalue weighted by molar-refractivity contribution is 9.11. The van der Waals surface area contributed by atoms with E-state index in [1.54, 1.807) is 0 Å². The smallest absolute Gasteiger partial charge is 0.262 e. The molecule has 2 aromatic rings. The first-order valence-electron chi connectivity index (χ1n) is 7.89. The van der Waals surface area contributed by atoms with E-state index in [-0.39, 0.29) is 12.5 Å². The van der Waals surface area contributed by atoms with Crippen LogP contribution >= 0.6 is 31.9 Å². The van der Waals surface area contributed by atoms with Crippen molar-refractivity contribution in [1.82, 2.24) is 0 Å². The van der Waals surface area contributed by atoms with Crippen LogP contribution < -0.4 is 10.1 Å². The molecule has 0 aliphatic carbocycles. The van der Waals surface area contributed by atoms with Gasteiger partial charge in [-0.05, 0) is 64.5 Å². The molecule has 1 N–H and O–H groups in total. The number of nitrogens with one attached hydrogen (secondary N) is 1. The number of halogens is 2. The maximum absolute atomic E-state index is 12.3. The molecule has 1 amide bonds. The molecule has 128 valence electrons. The summed E-state index contributed by atoms with van der Waals surface area (Å²) in [6, 6.07) is 11.8. The quantitative estimate of drug-likeness (QED) is 0.576. The average Bonchev–Trinajstić information content (AvgIpc) is 2.53. The van der Waals surface area contributed by atoms with E-state index in [4.69, 9.17) is 4.74 Å². The van der Waals surface area contributed by atoms with Gasteiger partial charge in [0.2, 0.25) is 0 Å². The van der Waals surface area contributed by atoms with Gasteiger partial charge in [-0.25, -0.2) is 0 Å². The lowest BCUT2D eigenvalue weighted by molar-refractivity contribution is -0.118. The summed E-state index contributed by atoms with van der Waals surface area (Å²) in [5.41, 5.74) is 2.96. The Labute approximate surface area is 160 Å². The number of hydrogen-bond donors (Lipinski definition) is 1. The summed E-state index contributed by atoms with van der Waals surface area (Å²) >= 11 is 6.90.